The van der Waals surface area contributed by atoms with Crippen molar-refractivity contribution in [3.05, 3.63) is 102 Å². The van der Waals surface area contributed by atoms with E-state index in [1.165, 1.54) is 6.07 Å². The van der Waals surface area contributed by atoms with Crippen LogP contribution in [-0.4, -0.2) is 38.6 Å². The third-order valence-electron chi connectivity index (χ3n) is 6.45. The Bertz CT molecular complexity index is 2010. The highest BCUT2D eigenvalue weighted by molar-refractivity contribution is 7.89. The lowest BCUT2D eigenvalue weighted by molar-refractivity contribution is 0.0954. The number of aryl methyl sites for hydroxylation is 2. The van der Waals surface area contributed by atoms with E-state index in [0.717, 1.165) is 16.5 Å². The Morgan fingerprint density at radius 1 is 0.921 bits per heavy atom. The van der Waals surface area contributed by atoms with Crippen LogP contribution in [0, 0.1) is 13.8 Å². The molecule has 2 N–H and O–H groups in total. The first-order valence-corrected chi connectivity index (χ1v) is 13.3. The Morgan fingerprint density at radius 2 is 1.74 bits per heavy atom. The minimum absolute atomic E-state index is 0.0251. The second-order valence-electron chi connectivity index (χ2n) is 9.03. The van der Waals surface area contributed by atoms with Gasteiger partial charge in [-0.2, -0.15) is 5.10 Å². The molecule has 3 aromatic heterocycles. The summed E-state index contributed by atoms with van der Waals surface area (Å²) >= 11 is 0. The van der Waals surface area contributed by atoms with E-state index in [1.54, 1.807) is 71.0 Å². The number of nitrogens with zero attached hydrogens (tertiary/aromatic N) is 5. The molecule has 0 unspecified atom stereocenters. The number of rotatable bonds is 4. The van der Waals surface area contributed by atoms with Gasteiger partial charge in [0, 0.05) is 23.3 Å². The van der Waals surface area contributed by atoms with Crippen molar-refractivity contribution in [2.75, 3.05) is 0 Å². The third-order valence-corrected chi connectivity index (χ3v) is 7.42. The first-order chi connectivity index (χ1) is 18.2. The molecule has 0 aliphatic rings. The highest BCUT2D eigenvalue weighted by Gasteiger charge is 2.23. The van der Waals surface area contributed by atoms with E-state index in [2.05, 4.69) is 15.1 Å². The molecule has 0 spiro atoms. The summed E-state index contributed by atoms with van der Waals surface area (Å²) in [5, 5.41) is 12.0. The zero-order chi connectivity index (χ0) is 26.6. The molecule has 0 atom stereocenters. The zero-order valence-electron chi connectivity index (χ0n) is 20.5. The second kappa shape index (κ2) is 8.72. The van der Waals surface area contributed by atoms with Gasteiger partial charge in [-0.1, -0.05) is 30.3 Å². The molecule has 0 saturated heterocycles. The van der Waals surface area contributed by atoms with Crippen molar-refractivity contribution in [2.45, 2.75) is 18.7 Å². The van der Waals surface area contributed by atoms with E-state index in [-0.39, 0.29) is 10.8 Å². The molecule has 6 rings (SSSR count). The topological polar surface area (TPSA) is 126 Å². The maximum atomic E-state index is 13.9. The van der Waals surface area contributed by atoms with Gasteiger partial charge in [0.05, 0.1) is 27.3 Å². The summed E-state index contributed by atoms with van der Waals surface area (Å²) in [5.74, 6) is 0.218. The summed E-state index contributed by atoms with van der Waals surface area (Å²) in [5.41, 5.74) is 4.09. The normalized spacial score (nSPS) is 11.9. The predicted octanol–water partition coefficient (Wildman–Crippen LogP) is 4.39. The number of hydrogen-bond donors (Lipinski definition) is 1. The molecule has 188 valence electrons. The van der Waals surface area contributed by atoms with Gasteiger partial charge in [-0.25, -0.2) is 23.2 Å². The maximum absolute atomic E-state index is 13.9. The van der Waals surface area contributed by atoms with Crippen LogP contribution in [0.4, 0.5) is 0 Å². The fourth-order valence-electron chi connectivity index (χ4n) is 4.74. The van der Waals surface area contributed by atoms with E-state index < -0.39 is 10.0 Å². The van der Waals surface area contributed by atoms with Crippen molar-refractivity contribution in [3.63, 3.8) is 0 Å². The van der Waals surface area contributed by atoms with Crippen LogP contribution in [0.1, 0.15) is 22.0 Å². The van der Waals surface area contributed by atoms with Gasteiger partial charge in [0.15, 0.2) is 0 Å². The Morgan fingerprint density at radius 3 is 2.55 bits per heavy atom. The van der Waals surface area contributed by atoms with Crippen molar-refractivity contribution in [1.29, 1.82) is 0 Å². The average Bonchev–Trinajstić information content (AvgIpc) is 3.46. The van der Waals surface area contributed by atoms with Gasteiger partial charge in [-0.3, -0.25) is 14.3 Å². The maximum Gasteiger partial charge on any atom is 0.282 e. The van der Waals surface area contributed by atoms with Gasteiger partial charge in [-0.05, 0) is 67.3 Å². The van der Waals surface area contributed by atoms with Crippen LogP contribution in [0.2, 0.25) is 0 Å². The highest BCUT2D eigenvalue weighted by Crippen LogP contribution is 2.30. The smallest absolute Gasteiger partial charge is 0.266 e. The van der Waals surface area contributed by atoms with Crippen LogP contribution in [-0.2, 0) is 10.0 Å². The number of carbonyl (C=O) groups excluding carboxylic acids is 1. The molecule has 9 nitrogen and oxygen atoms in total. The average molecular weight is 523 g/mol. The minimum atomic E-state index is -3.92. The number of carbonyl (C=O) groups is 1. The third kappa shape index (κ3) is 3.96. The number of fused-ring (bicyclic) bond motifs is 2. The quantitative estimate of drug-likeness (QED) is 0.366. The van der Waals surface area contributed by atoms with Gasteiger partial charge in [-0.15, -0.1) is 0 Å². The molecule has 3 heterocycles. The number of primary sulfonamides is 1. The Balaban J connectivity index is 1.46. The van der Waals surface area contributed by atoms with E-state index in [1.807, 2.05) is 31.2 Å². The number of benzene rings is 3. The van der Waals surface area contributed by atoms with E-state index in [4.69, 9.17) is 5.14 Å². The summed E-state index contributed by atoms with van der Waals surface area (Å²) in [7, 11) is -3.92. The standard InChI is InChI=1S/C28H22N6O3S/c1-17-13-26(34(32-17)22-9-7-21-16-30-12-11-19(21)14-22)28(35)33-18(2)31-24-15-20(8-10-25(24)33)23-5-3-4-6-27(23)38(29,36)37/h3-16H,1-2H3,(H2,29,36,37). The van der Waals surface area contributed by atoms with Crippen molar-refractivity contribution >= 4 is 37.7 Å². The van der Waals surface area contributed by atoms with Crippen molar-refractivity contribution in [1.82, 2.24) is 24.3 Å². The molecule has 0 amide bonds. The number of aromatic nitrogens is 5. The number of nitrogens with two attached hydrogens (primary N) is 1. The number of imidazole rings is 1. The van der Waals surface area contributed by atoms with Gasteiger partial charge >= 0.3 is 0 Å². The molecule has 3 aromatic carbocycles. The van der Waals surface area contributed by atoms with Crippen LogP contribution in [0.15, 0.2) is 90.1 Å². The lowest BCUT2D eigenvalue weighted by Gasteiger charge is -2.10. The predicted molar refractivity (Wildman–Crippen MR) is 145 cm³/mol. The summed E-state index contributed by atoms with van der Waals surface area (Å²) in [6.45, 7) is 3.60. The Labute approximate surface area is 218 Å². The molecule has 0 radical (unpaired) electrons. The molecule has 38 heavy (non-hydrogen) atoms. The van der Waals surface area contributed by atoms with Crippen molar-refractivity contribution < 1.29 is 13.2 Å². The lowest BCUT2D eigenvalue weighted by atomic mass is 10.1. The van der Waals surface area contributed by atoms with Crippen molar-refractivity contribution in [2.24, 2.45) is 5.14 Å². The summed E-state index contributed by atoms with van der Waals surface area (Å²) < 4.78 is 27.4. The number of hydrogen-bond acceptors (Lipinski definition) is 6. The molecule has 10 heteroatoms. The summed E-state index contributed by atoms with van der Waals surface area (Å²) in [4.78, 5) is 22.7. The Kier molecular flexibility index (Phi) is 5.44. The fraction of sp³-hybridized carbons (Fsp3) is 0.0714. The minimum Gasteiger partial charge on any atom is -0.266 e. The molecule has 0 aliphatic heterocycles. The highest BCUT2D eigenvalue weighted by atomic mass is 32.2. The molecule has 0 aliphatic carbocycles. The summed E-state index contributed by atoms with van der Waals surface area (Å²) in [6, 6.07) is 21.3. The van der Waals surface area contributed by atoms with Gasteiger partial charge < -0.3 is 0 Å². The summed E-state index contributed by atoms with van der Waals surface area (Å²) in [6.07, 6.45) is 3.51. The SMILES string of the molecule is Cc1cc(C(=O)n2c(C)nc3cc(-c4ccccc4S(N)(=O)=O)ccc32)n(-c2ccc3cnccc3c2)n1. The van der Waals surface area contributed by atoms with E-state index in [9.17, 15) is 13.2 Å². The second-order valence-corrected chi connectivity index (χ2v) is 10.6. The van der Waals surface area contributed by atoms with Crippen molar-refractivity contribution in [3.8, 4) is 16.8 Å². The largest absolute Gasteiger partial charge is 0.282 e. The van der Waals surface area contributed by atoms with E-state index in [0.29, 0.717) is 39.4 Å². The molecule has 0 fully saturated rings. The molecular formula is C28H22N6O3S. The molecular weight excluding hydrogens is 500 g/mol. The monoisotopic (exact) mass is 522 g/mol. The van der Waals surface area contributed by atoms with Crippen LogP contribution in [0.25, 0.3) is 38.6 Å². The zero-order valence-corrected chi connectivity index (χ0v) is 21.3. The number of sulfonamides is 1. The Hall–Kier alpha value is -4.67. The van der Waals surface area contributed by atoms with Crippen LogP contribution >= 0.6 is 0 Å². The van der Waals surface area contributed by atoms with E-state index >= 15 is 0 Å². The molecule has 0 bridgehead atoms. The van der Waals surface area contributed by atoms with Gasteiger partial charge in [0.1, 0.15) is 11.5 Å². The van der Waals surface area contributed by atoms with Gasteiger partial charge in [0.2, 0.25) is 10.0 Å². The first-order valence-electron chi connectivity index (χ1n) is 11.8. The number of pyridine rings is 1. The van der Waals surface area contributed by atoms with Crippen LogP contribution in [0.3, 0.4) is 0 Å². The van der Waals surface area contributed by atoms with Crippen LogP contribution in [0.5, 0.6) is 0 Å². The molecule has 6 aromatic rings. The first kappa shape index (κ1) is 23.7. The molecule has 0 saturated carbocycles. The fourth-order valence-corrected chi connectivity index (χ4v) is 5.50. The lowest BCUT2D eigenvalue weighted by Crippen LogP contribution is -2.18. The van der Waals surface area contributed by atoms with Crippen LogP contribution < -0.4 is 5.14 Å². The van der Waals surface area contributed by atoms with Gasteiger partial charge in [0.25, 0.3) is 5.91 Å².